The van der Waals surface area contributed by atoms with E-state index in [0.717, 1.165) is 5.69 Å². The van der Waals surface area contributed by atoms with Crippen LogP contribution in [0.2, 0.25) is 0 Å². The fraction of sp³-hybridized carbons (Fsp3) is 0.462. The summed E-state index contributed by atoms with van der Waals surface area (Å²) in [5.74, 6) is -0.370. The molecule has 1 rings (SSSR count). The van der Waals surface area contributed by atoms with Gasteiger partial charge in [0.05, 0.1) is 19.1 Å². The number of rotatable bonds is 6. The van der Waals surface area contributed by atoms with E-state index in [-0.39, 0.29) is 12.4 Å². The van der Waals surface area contributed by atoms with Crippen LogP contribution in [0.5, 0.6) is 0 Å². The molecular formula is C13H19NO3. The number of esters is 1. The summed E-state index contributed by atoms with van der Waals surface area (Å²) in [5.41, 5.74) is 2.11. The molecule has 1 aromatic rings. The van der Waals surface area contributed by atoms with Crippen LogP contribution < -0.4 is 5.32 Å². The normalized spacial score (nSPS) is 11.9. The van der Waals surface area contributed by atoms with E-state index in [9.17, 15) is 9.90 Å². The second-order valence-corrected chi connectivity index (χ2v) is 3.91. The molecule has 0 aromatic heterocycles. The monoisotopic (exact) mass is 237 g/mol. The summed E-state index contributed by atoms with van der Waals surface area (Å²) in [6.07, 6.45) is -0.706. The quantitative estimate of drug-likeness (QED) is 0.740. The molecule has 0 heterocycles. The maximum absolute atomic E-state index is 11.1. The van der Waals surface area contributed by atoms with Crippen LogP contribution in [0.25, 0.3) is 0 Å². The zero-order chi connectivity index (χ0) is 12.7. The van der Waals surface area contributed by atoms with Gasteiger partial charge in [0.2, 0.25) is 0 Å². The minimum atomic E-state index is -0.727. The van der Waals surface area contributed by atoms with Crippen molar-refractivity contribution in [2.24, 2.45) is 0 Å². The van der Waals surface area contributed by atoms with Crippen molar-refractivity contribution >= 4 is 11.7 Å². The summed E-state index contributed by atoms with van der Waals surface area (Å²) >= 11 is 0. The number of aryl methyl sites for hydroxylation is 1. The Balaban J connectivity index is 2.30. The Morgan fingerprint density at radius 3 is 2.65 bits per heavy atom. The van der Waals surface area contributed by atoms with Crippen molar-refractivity contribution in [3.63, 3.8) is 0 Å². The Morgan fingerprint density at radius 2 is 2.06 bits per heavy atom. The van der Waals surface area contributed by atoms with Gasteiger partial charge >= 0.3 is 5.97 Å². The number of aliphatic hydroxyl groups is 1. The molecule has 0 saturated heterocycles. The minimum absolute atomic E-state index is 0.0205. The maximum atomic E-state index is 11.1. The number of nitrogens with one attached hydrogen (secondary N) is 1. The van der Waals surface area contributed by atoms with Gasteiger partial charge in [0.25, 0.3) is 0 Å². The van der Waals surface area contributed by atoms with Gasteiger partial charge in [-0.05, 0) is 26.0 Å². The molecule has 0 aliphatic rings. The molecule has 1 atom stereocenters. The average Bonchev–Trinajstić information content (AvgIpc) is 2.28. The highest BCUT2D eigenvalue weighted by atomic mass is 16.5. The standard InChI is InChI=1S/C13H19NO3/c1-3-17-13(16)8-12(15)9-14-11-6-4-10(2)5-7-11/h4-7,12,14-15H,3,8-9H2,1-2H3. The summed E-state index contributed by atoms with van der Waals surface area (Å²) in [5, 5.41) is 12.7. The fourth-order valence-electron chi connectivity index (χ4n) is 1.39. The summed E-state index contributed by atoms with van der Waals surface area (Å²) in [6.45, 7) is 4.44. The van der Waals surface area contributed by atoms with Crippen LogP contribution in [0, 0.1) is 6.92 Å². The zero-order valence-electron chi connectivity index (χ0n) is 10.3. The second-order valence-electron chi connectivity index (χ2n) is 3.91. The summed E-state index contributed by atoms with van der Waals surface area (Å²) in [7, 11) is 0. The van der Waals surface area contributed by atoms with Crippen LogP contribution in [0.3, 0.4) is 0 Å². The highest BCUT2D eigenvalue weighted by molar-refractivity contribution is 5.70. The molecule has 1 aromatic carbocycles. The van der Waals surface area contributed by atoms with Crippen LogP contribution in [-0.4, -0.2) is 30.3 Å². The molecule has 0 aliphatic heterocycles. The highest BCUT2D eigenvalue weighted by Crippen LogP contribution is 2.08. The first-order valence-corrected chi connectivity index (χ1v) is 5.76. The van der Waals surface area contributed by atoms with E-state index in [4.69, 9.17) is 4.74 Å². The molecule has 0 radical (unpaired) electrons. The number of carbonyl (C=O) groups excluding carboxylic acids is 1. The molecule has 0 amide bonds. The van der Waals surface area contributed by atoms with Crippen molar-refractivity contribution in [1.29, 1.82) is 0 Å². The Morgan fingerprint density at radius 1 is 1.41 bits per heavy atom. The predicted octanol–water partition coefficient (Wildman–Crippen LogP) is 1.72. The highest BCUT2D eigenvalue weighted by Gasteiger charge is 2.10. The number of hydrogen-bond donors (Lipinski definition) is 2. The first-order chi connectivity index (χ1) is 8.11. The lowest BCUT2D eigenvalue weighted by Gasteiger charge is -2.12. The summed E-state index contributed by atoms with van der Waals surface area (Å²) in [4.78, 5) is 11.1. The molecule has 94 valence electrons. The lowest BCUT2D eigenvalue weighted by molar-refractivity contribution is -0.145. The van der Waals surface area contributed by atoms with E-state index in [1.165, 1.54) is 5.56 Å². The Hall–Kier alpha value is -1.55. The van der Waals surface area contributed by atoms with Gasteiger partial charge in [-0.3, -0.25) is 4.79 Å². The molecule has 0 bridgehead atoms. The lowest BCUT2D eigenvalue weighted by Crippen LogP contribution is -2.23. The van der Waals surface area contributed by atoms with E-state index in [0.29, 0.717) is 13.2 Å². The number of anilines is 1. The fourth-order valence-corrected chi connectivity index (χ4v) is 1.39. The van der Waals surface area contributed by atoms with Crippen LogP contribution in [0.15, 0.2) is 24.3 Å². The number of carbonyl (C=O) groups is 1. The third kappa shape index (κ3) is 5.36. The second kappa shape index (κ2) is 6.91. The molecule has 0 spiro atoms. The molecule has 0 fully saturated rings. The van der Waals surface area contributed by atoms with Gasteiger partial charge in [0.1, 0.15) is 0 Å². The average molecular weight is 237 g/mol. The predicted molar refractivity (Wildman–Crippen MR) is 66.9 cm³/mol. The maximum Gasteiger partial charge on any atom is 0.308 e. The molecule has 0 saturated carbocycles. The van der Waals surface area contributed by atoms with E-state index in [1.807, 2.05) is 31.2 Å². The third-order valence-electron chi connectivity index (χ3n) is 2.30. The number of benzene rings is 1. The van der Waals surface area contributed by atoms with Gasteiger partial charge in [0.15, 0.2) is 0 Å². The SMILES string of the molecule is CCOC(=O)CC(O)CNc1ccc(C)cc1. The third-order valence-corrected chi connectivity index (χ3v) is 2.30. The van der Waals surface area contributed by atoms with Crippen LogP contribution in [-0.2, 0) is 9.53 Å². The van der Waals surface area contributed by atoms with E-state index in [2.05, 4.69) is 5.32 Å². The number of aliphatic hydroxyl groups excluding tert-OH is 1. The Kier molecular flexibility index (Phi) is 5.49. The van der Waals surface area contributed by atoms with Crippen molar-refractivity contribution < 1.29 is 14.6 Å². The largest absolute Gasteiger partial charge is 0.466 e. The van der Waals surface area contributed by atoms with Crippen LogP contribution in [0.1, 0.15) is 18.9 Å². The van der Waals surface area contributed by atoms with Gasteiger partial charge in [-0.1, -0.05) is 17.7 Å². The Bertz CT molecular complexity index is 348. The van der Waals surface area contributed by atoms with Gasteiger partial charge in [0, 0.05) is 12.2 Å². The topological polar surface area (TPSA) is 58.6 Å². The lowest BCUT2D eigenvalue weighted by atomic mass is 10.2. The van der Waals surface area contributed by atoms with Gasteiger partial charge < -0.3 is 15.2 Å². The molecule has 4 nitrogen and oxygen atoms in total. The van der Waals surface area contributed by atoms with Crippen molar-refractivity contribution in [3.8, 4) is 0 Å². The minimum Gasteiger partial charge on any atom is -0.466 e. The van der Waals surface area contributed by atoms with Crippen molar-refractivity contribution in [2.75, 3.05) is 18.5 Å². The summed E-state index contributed by atoms with van der Waals surface area (Å²) in [6, 6.07) is 7.85. The van der Waals surface area contributed by atoms with Gasteiger partial charge in [-0.25, -0.2) is 0 Å². The zero-order valence-corrected chi connectivity index (χ0v) is 10.3. The molecular weight excluding hydrogens is 218 g/mol. The van der Waals surface area contributed by atoms with Gasteiger partial charge in [-0.15, -0.1) is 0 Å². The number of hydrogen-bond acceptors (Lipinski definition) is 4. The molecule has 0 aliphatic carbocycles. The van der Waals surface area contributed by atoms with Crippen molar-refractivity contribution in [3.05, 3.63) is 29.8 Å². The first kappa shape index (κ1) is 13.5. The molecule has 1 unspecified atom stereocenters. The van der Waals surface area contributed by atoms with Crippen molar-refractivity contribution in [2.45, 2.75) is 26.4 Å². The van der Waals surface area contributed by atoms with E-state index < -0.39 is 6.10 Å². The summed E-state index contributed by atoms with van der Waals surface area (Å²) < 4.78 is 4.75. The Labute approximate surface area is 102 Å². The molecule has 17 heavy (non-hydrogen) atoms. The molecule has 2 N–H and O–H groups in total. The van der Waals surface area contributed by atoms with E-state index in [1.54, 1.807) is 6.92 Å². The van der Waals surface area contributed by atoms with Crippen LogP contribution in [0.4, 0.5) is 5.69 Å². The number of ether oxygens (including phenoxy) is 1. The van der Waals surface area contributed by atoms with Gasteiger partial charge in [-0.2, -0.15) is 0 Å². The molecule has 4 heteroatoms. The van der Waals surface area contributed by atoms with E-state index >= 15 is 0 Å². The first-order valence-electron chi connectivity index (χ1n) is 5.76. The smallest absolute Gasteiger partial charge is 0.308 e. The van der Waals surface area contributed by atoms with Crippen LogP contribution >= 0.6 is 0 Å². The van der Waals surface area contributed by atoms with Crippen molar-refractivity contribution in [1.82, 2.24) is 0 Å².